The van der Waals surface area contributed by atoms with E-state index in [1.807, 2.05) is 0 Å². The Kier molecular flexibility index (Phi) is 3.74. The molecule has 0 aromatic rings. The second-order valence-corrected chi connectivity index (χ2v) is 9.47. The van der Waals surface area contributed by atoms with Crippen LogP contribution < -0.4 is 0 Å². The van der Waals surface area contributed by atoms with Crippen LogP contribution in [0.25, 0.3) is 0 Å². The van der Waals surface area contributed by atoms with Gasteiger partial charge in [-0.25, -0.2) is 0 Å². The second-order valence-electron chi connectivity index (χ2n) is 9.47. The molecule has 4 aliphatic carbocycles. The summed E-state index contributed by atoms with van der Waals surface area (Å²) in [7, 11) is 0. The molecule has 0 bridgehead atoms. The Hall–Kier alpha value is -0.740. The van der Waals surface area contributed by atoms with E-state index in [0.29, 0.717) is 18.1 Å². The fraction of sp³-hybridized carbons (Fsp3) is 0.900. The van der Waals surface area contributed by atoms with Crippen LogP contribution in [0.15, 0.2) is 0 Å². The molecule has 0 heterocycles. The Labute approximate surface area is 144 Å². The summed E-state index contributed by atoms with van der Waals surface area (Å²) in [6, 6.07) is 0. The number of Topliss-reactive ketones (excluding diaryl/α,β-unsaturated/α-hetero) is 1. The molecule has 4 heteroatoms. The van der Waals surface area contributed by atoms with Crippen molar-refractivity contribution in [2.75, 3.05) is 6.61 Å². The van der Waals surface area contributed by atoms with Gasteiger partial charge in [-0.05, 0) is 67.6 Å². The summed E-state index contributed by atoms with van der Waals surface area (Å²) in [6.45, 7) is 4.46. The van der Waals surface area contributed by atoms with Crippen molar-refractivity contribution in [3.63, 3.8) is 0 Å². The fourth-order valence-electron chi connectivity index (χ4n) is 7.28. The van der Waals surface area contributed by atoms with Crippen molar-refractivity contribution < 1.29 is 15.0 Å². The number of hydrogen-bond acceptors (Lipinski definition) is 4. The van der Waals surface area contributed by atoms with E-state index in [4.69, 9.17) is 5.41 Å². The molecular weight excluding hydrogens is 302 g/mol. The lowest BCUT2D eigenvalue weighted by atomic mass is 9.42. The van der Waals surface area contributed by atoms with Crippen molar-refractivity contribution in [1.82, 2.24) is 0 Å². The van der Waals surface area contributed by atoms with Crippen molar-refractivity contribution in [3.8, 4) is 0 Å². The van der Waals surface area contributed by atoms with E-state index >= 15 is 0 Å². The van der Waals surface area contributed by atoms with Crippen LogP contribution in [0.1, 0.15) is 58.8 Å². The second kappa shape index (κ2) is 5.38. The number of carbonyl (C=O) groups is 1. The normalized spacial score (nSPS) is 54.2. The van der Waals surface area contributed by atoms with Crippen LogP contribution in [0.2, 0.25) is 0 Å². The van der Waals surface area contributed by atoms with Gasteiger partial charge in [-0.1, -0.05) is 13.8 Å². The van der Waals surface area contributed by atoms with Gasteiger partial charge in [0.2, 0.25) is 0 Å². The maximum atomic E-state index is 12.5. The standard InChI is InChI=1S/C20H31NO3/c1-19-7-5-11(21)9-15(19)12(10-22)18(24)17-13-3-4-16(23)20(13,2)8-6-14(17)19/h12-15,17-18,21-22,24H,3-10H2,1-2H3/t12-,13?,14?,15-,17?,18-,19-,20+/m1/s1. The number of carbonyl (C=O) groups excluding carboxylic acids is 1. The first-order valence-electron chi connectivity index (χ1n) is 9.71. The molecule has 4 rings (SSSR count). The number of nitrogens with one attached hydrogen (secondary N) is 1. The lowest BCUT2D eigenvalue weighted by molar-refractivity contribution is -0.188. The third-order valence-electron chi connectivity index (χ3n) is 8.73. The van der Waals surface area contributed by atoms with Gasteiger partial charge in [0.25, 0.3) is 0 Å². The van der Waals surface area contributed by atoms with Crippen molar-refractivity contribution >= 4 is 11.5 Å². The van der Waals surface area contributed by atoms with Gasteiger partial charge in [0.15, 0.2) is 0 Å². The van der Waals surface area contributed by atoms with Gasteiger partial charge in [0, 0.05) is 30.1 Å². The maximum Gasteiger partial charge on any atom is 0.139 e. The molecule has 0 amide bonds. The SMILES string of the molecule is C[C@]12CCC3C(C1CCC2=O)[C@H](O)[C@H](CO)[C@H]1CC(=N)CC[C@]31C. The van der Waals surface area contributed by atoms with Crippen molar-refractivity contribution in [2.45, 2.75) is 64.9 Å². The Balaban J connectivity index is 1.76. The van der Waals surface area contributed by atoms with Crippen LogP contribution in [-0.4, -0.2) is 34.4 Å². The summed E-state index contributed by atoms with van der Waals surface area (Å²) < 4.78 is 0. The number of aliphatic hydroxyl groups excluding tert-OH is 2. The monoisotopic (exact) mass is 333 g/mol. The van der Waals surface area contributed by atoms with E-state index < -0.39 is 6.10 Å². The highest BCUT2D eigenvalue weighted by atomic mass is 16.3. The molecule has 4 saturated carbocycles. The first-order chi connectivity index (χ1) is 11.3. The van der Waals surface area contributed by atoms with Gasteiger partial charge < -0.3 is 15.6 Å². The molecule has 8 atom stereocenters. The topological polar surface area (TPSA) is 81.4 Å². The molecule has 3 N–H and O–H groups in total. The van der Waals surface area contributed by atoms with Crippen molar-refractivity contribution in [3.05, 3.63) is 0 Å². The number of fused-ring (bicyclic) bond motifs is 5. The molecule has 0 spiro atoms. The molecule has 24 heavy (non-hydrogen) atoms. The summed E-state index contributed by atoms with van der Waals surface area (Å²) in [5.74, 6) is 1.29. The van der Waals surface area contributed by atoms with E-state index in [2.05, 4.69) is 13.8 Å². The summed E-state index contributed by atoms with van der Waals surface area (Å²) in [5, 5.41) is 29.4. The molecule has 0 aromatic carbocycles. The highest BCUT2D eigenvalue weighted by Gasteiger charge is 2.64. The summed E-state index contributed by atoms with van der Waals surface area (Å²) >= 11 is 0. The molecular formula is C20H31NO3. The molecule has 134 valence electrons. The number of rotatable bonds is 1. The summed E-state index contributed by atoms with van der Waals surface area (Å²) in [4.78, 5) is 12.5. The first kappa shape index (κ1) is 16.7. The predicted molar refractivity (Wildman–Crippen MR) is 91.8 cm³/mol. The Morgan fingerprint density at radius 2 is 1.88 bits per heavy atom. The van der Waals surface area contributed by atoms with E-state index in [9.17, 15) is 15.0 Å². The third-order valence-corrected chi connectivity index (χ3v) is 8.73. The van der Waals surface area contributed by atoms with Crippen LogP contribution in [0.4, 0.5) is 0 Å². The average molecular weight is 333 g/mol. The van der Waals surface area contributed by atoms with E-state index in [0.717, 1.165) is 44.2 Å². The first-order valence-corrected chi connectivity index (χ1v) is 9.71. The highest BCUT2D eigenvalue weighted by molar-refractivity contribution is 5.87. The quantitative estimate of drug-likeness (QED) is 0.690. The molecule has 0 radical (unpaired) electrons. The minimum absolute atomic E-state index is 0.00466. The smallest absolute Gasteiger partial charge is 0.139 e. The van der Waals surface area contributed by atoms with Crippen LogP contribution >= 0.6 is 0 Å². The van der Waals surface area contributed by atoms with Gasteiger partial charge >= 0.3 is 0 Å². The van der Waals surface area contributed by atoms with Crippen LogP contribution in [-0.2, 0) is 4.79 Å². The van der Waals surface area contributed by atoms with Gasteiger partial charge in [-0.2, -0.15) is 0 Å². The van der Waals surface area contributed by atoms with Crippen LogP contribution in [0.5, 0.6) is 0 Å². The Morgan fingerprint density at radius 3 is 2.58 bits per heavy atom. The lowest BCUT2D eigenvalue weighted by Gasteiger charge is -2.63. The van der Waals surface area contributed by atoms with Gasteiger partial charge in [0.05, 0.1) is 6.10 Å². The van der Waals surface area contributed by atoms with E-state index in [1.165, 1.54) is 0 Å². The van der Waals surface area contributed by atoms with Crippen LogP contribution in [0, 0.1) is 45.8 Å². The Morgan fingerprint density at radius 1 is 1.12 bits per heavy atom. The zero-order valence-corrected chi connectivity index (χ0v) is 14.9. The van der Waals surface area contributed by atoms with Gasteiger partial charge in [-0.3, -0.25) is 4.79 Å². The summed E-state index contributed by atoms with van der Waals surface area (Å²) in [6.07, 6.45) is 5.58. The van der Waals surface area contributed by atoms with Crippen LogP contribution in [0.3, 0.4) is 0 Å². The third kappa shape index (κ3) is 1.99. The Bertz CT molecular complexity index is 575. The molecule has 4 fully saturated rings. The maximum absolute atomic E-state index is 12.5. The van der Waals surface area contributed by atoms with Gasteiger partial charge in [0.1, 0.15) is 5.78 Å². The van der Waals surface area contributed by atoms with Gasteiger partial charge in [-0.15, -0.1) is 0 Å². The largest absolute Gasteiger partial charge is 0.396 e. The average Bonchev–Trinajstić information content (AvgIpc) is 2.85. The number of hydrogen-bond donors (Lipinski definition) is 3. The molecule has 0 saturated heterocycles. The highest BCUT2D eigenvalue weighted by Crippen LogP contribution is 2.66. The zero-order valence-electron chi connectivity index (χ0n) is 14.9. The molecule has 0 aromatic heterocycles. The molecule has 3 unspecified atom stereocenters. The molecule has 0 aliphatic heterocycles. The number of aliphatic hydroxyl groups is 2. The fourth-order valence-corrected chi connectivity index (χ4v) is 7.28. The van der Waals surface area contributed by atoms with Crippen molar-refractivity contribution in [2.24, 2.45) is 40.4 Å². The predicted octanol–water partition coefficient (Wildman–Crippen LogP) is 2.81. The molecule has 4 nitrogen and oxygen atoms in total. The minimum atomic E-state index is -0.528. The lowest BCUT2D eigenvalue weighted by Crippen LogP contribution is -2.62. The van der Waals surface area contributed by atoms with Crippen molar-refractivity contribution in [1.29, 1.82) is 5.41 Å². The van der Waals surface area contributed by atoms with E-state index in [1.54, 1.807) is 0 Å². The van der Waals surface area contributed by atoms with E-state index in [-0.39, 0.29) is 41.1 Å². The minimum Gasteiger partial charge on any atom is -0.396 e. The summed E-state index contributed by atoms with van der Waals surface area (Å²) in [5.41, 5.74) is 0.611. The zero-order chi connectivity index (χ0) is 17.3. The number of ketones is 1. The molecule has 4 aliphatic rings.